The summed E-state index contributed by atoms with van der Waals surface area (Å²) in [5.41, 5.74) is 4.29. The van der Waals surface area contributed by atoms with Crippen molar-refractivity contribution in [3.05, 3.63) is 59.4 Å². The molecule has 6 nitrogen and oxygen atoms in total. The molecule has 2 aliphatic rings. The van der Waals surface area contributed by atoms with Crippen LogP contribution < -0.4 is 4.74 Å². The number of aromatic nitrogens is 2. The molecule has 6 heteroatoms. The number of benzene rings is 2. The lowest BCUT2D eigenvalue weighted by Crippen LogP contribution is -2.28. The van der Waals surface area contributed by atoms with Gasteiger partial charge in [0.2, 0.25) is 0 Å². The van der Waals surface area contributed by atoms with E-state index in [1.54, 1.807) is 4.90 Å². The molecule has 2 amide bonds. The number of ether oxygens (including phenoxy) is 1. The predicted octanol–water partition coefficient (Wildman–Crippen LogP) is 3.47. The first-order chi connectivity index (χ1) is 13.7. The Labute approximate surface area is 163 Å². The maximum absolute atomic E-state index is 12.0. The smallest absolute Gasteiger partial charge is 0.320 e. The van der Waals surface area contributed by atoms with Crippen LogP contribution in [0.2, 0.25) is 0 Å². The Balaban J connectivity index is 1.34. The minimum Gasteiger partial charge on any atom is -0.489 e. The third-order valence-corrected chi connectivity index (χ3v) is 5.41. The second kappa shape index (κ2) is 6.71. The summed E-state index contributed by atoms with van der Waals surface area (Å²) in [7, 11) is 1.84. The van der Waals surface area contributed by atoms with Gasteiger partial charge in [-0.3, -0.25) is 0 Å². The lowest BCUT2D eigenvalue weighted by atomic mass is 10.1. The van der Waals surface area contributed by atoms with Gasteiger partial charge in [-0.2, -0.15) is 0 Å². The highest BCUT2D eigenvalue weighted by Gasteiger charge is 2.24. The van der Waals surface area contributed by atoms with Gasteiger partial charge in [-0.25, -0.2) is 9.78 Å². The molecule has 0 atom stereocenters. The molecule has 0 radical (unpaired) electrons. The summed E-state index contributed by atoms with van der Waals surface area (Å²) in [5.74, 6) is 1.85. The Hall–Kier alpha value is -3.28. The number of imidazole rings is 1. The van der Waals surface area contributed by atoms with E-state index in [0.717, 1.165) is 53.4 Å². The van der Waals surface area contributed by atoms with Gasteiger partial charge >= 0.3 is 6.03 Å². The normalized spacial score (nSPS) is 16.4. The number of para-hydroxylation sites is 1. The number of nitrogens with zero attached hydrogens (tertiary/aromatic N) is 4. The van der Waals surface area contributed by atoms with E-state index in [2.05, 4.69) is 41.0 Å². The van der Waals surface area contributed by atoms with Gasteiger partial charge in [0.1, 0.15) is 23.7 Å². The average molecular weight is 374 g/mol. The van der Waals surface area contributed by atoms with Crippen molar-refractivity contribution in [2.45, 2.75) is 13.1 Å². The summed E-state index contributed by atoms with van der Waals surface area (Å²) in [6, 6.07) is 14.4. The third kappa shape index (κ3) is 2.91. The van der Waals surface area contributed by atoms with Crippen molar-refractivity contribution in [3.8, 4) is 5.75 Å². The summed E-state index contributed by atoms with van der Waals surface area (Å²) in [6.45, 7) is 3.73. The average Bonchev–Trinajstić information content (AvgIpc) is 3.24. The van der Waals surface area contributed by atoms with Crippen LogP contribution in [0.5, 0.6) is 5.75 Å². The number of hydrogen-bond donors (Lipinski definition) is 0. The zero-order valence-corrected chi connectivity index (χ0v) is 15.8. The molecule has 0 aliphatic carbocycles. The van der Waals surface area contributed by atoms with Crippen LogP contribution in [0.1, 0.15) is 17.0 Å². The van der Waals surface area contributed by atoms with Crippen molar-refractivity contribution in [2.75, 3.05) is 26.7 Å². The van der Waals surface area contributed by atoms with Crippen molar-refractivity contribution in [3.63, 3.8) is 0 Å². The van der Waals surface area contributed by atoms with Gasteiger partial charge in [0.25, 0.3) is 0 Å². The lowest BCUT2D eigenvalue weighted by Gasteiger charge is -2.17. The summed E-state index contributed by atoms with van der Waals surface area (Å²) < 4.78 is 7.95. The Morgan fingerprint density at radius 2 is 1.93 bits per heavy atom. The number of carbonyl (C=O) groups is 1. The molecule has 0 unspecified atom stereocenters. The Morgan fingerprint density at radius 1 is 1.07 bits per heavy atom. The molecule has 2 aliphatic heterocycles. The standard InChI is InChI=1S/C22H22N4O2/c1-24-11-12-25(22(24)27)15-17-7-5-16(6-8-17)9-10-20-23-18-3-2-4-19-21(18)26(20)13-14-28-19/h2-10H,11-15H2,1H3/b10-9+. The van der Waals surface area contributed by atoms with Gasteiger partial charge in [-0.15, -0.1) is 0 Å². The second-order valence-corrected chi connectivity index (χ2v) is 7.29. The molecule has 0 bridgehead atoms. The van der Waals surface area contributed by atoms with Crippen molar-refractivity contribution in [1.82, 2.24) is 19.4 Å². The van der Waals surface area contributed by atoms with Crippen LogP contribution in [0.15, 0.2) is 42.5 Å². The topological polar surface area (TPSA) is 50.6 Å². The highest BCUT2D eigenvalue weighted by molar-refractivity contribution is 5.85. The molecule has 1 aromatic heterocycles. The van der Waals surface area contributed by atoms with Crippen LogP contribution >= 0.6 is 0 Å². The van der Waals surface area contributed by atoms with E-state index < -0.39 is 0 Å². The third-order valence-electron chi connectivity index (χ3n) is 5.41. The van der Waals surface area contributed by atoms with Crippen LogP contribution in [0.3, 0.4) is 0 Å². The van der Waals surface area contributed by atoms with Crippen LogP contribution in [-0.4, -0.2) is 52.1 Å². The van der Waals surface area contributed by atoms with E-state index in [0.29, 0.717) is 13.2 Å². The maximum atomic E-state index is 12.0. The first-order valence-electron chi connectivity index (χ1n) is 9.58. The minimum atomic E-state index is 0.104. The quantitative estimate of drug-likeness (QED) is 0.703. The molecule has 28 heavy (non-hydrogen) atoms. The molecule has 1 fully saturated rings. The Kier molecular flexibility index (Phi) is 4.04. The van der Waals surface area contributed by atoms with E-state index >= 15 is 0 Å². The molecule has 0 spiro atoms. The molecule has 142 valence electrons. The van der Waals surface area contributed by atoms with E-state index in [1.165, 1.54) is 0 Å². The van der Waals surface area contributed by atoms with Crippen molar-refractivity contribution in [2.24, 2.45) is 0 Å². The van der Waals surface area contributed by atoms with E-state index in [9.17, 15) is 4.79 Å². The summed E-state index contributed by atoms with van der Waals surface area (Å²) in [6.07, 6.45) is 4.14. The molecule has 1 saturated heterocycles. The van der Waals surface area contributed by atoms with E-state index in [-0.39, 0.29) is 6.03 Å². The minimum absolute atomic E-state index is 0.104. The highest BCUT2D eigenvalue weighted by atomic mass is 16.5. The van der Waals surface area contributed by atoms with E-state index in [1.807, 2.05) is 30.1 Å². The predicted molar refractivity (Wildman–Crippen MR) is 109 cm³/mol. The zero-order chi connectivity index (χ0) is 19.1. The maximum Gasteiger partial charge on any atom is 0.320 e. The monoisotopic (exact) mass is 374 g/mol. The van der Waals surface area contributed by atoms with Crippen LogP contribution in [0, 0.1) is 0 Å². The molecule has 2 aromatic carbocycles. The van der Waals surface area contributed by atoms with Gasteiger partial charge in [-0.05, 0) is 29.3 Å². The lowest BCUT2D eigenvalue weighted by molar-refractivity contribution is 0.197. The molecule has 3 heterocycles. The van der Waals surface area contributed by atoms with Gasteiger partial charge < -0.3 is 19.1 Å². The number of amides is 2. The molecular weight excluding hydrogens is 352 g/mol. The number of carbonyl (C=O) groups excluding carboxylic acids is 1. The highest BCUT2D eigenvalue weighted by Crippen LogP contribution is 2.30. The largest absolute Gasteiger partial charge is 0.489 e. The first-order valence-corrected chi connectivity index (χ1v) is 9.58. The second-order valence-electron chi connectivity index (χ2n) is 7.29. The van der Waals surface area contributed by atoms with Gasteiger partial charge in [-0.1, -0.05) is 36.4 Å². The van der Waals surface area contributed by atoms with Crippen molar-refractivity contribution in [1.29, 1.82) is 0 Å². The molecule has 3 aromatic rings. The van der Waals surface area contributed by atoms with E-state index in [4.69, 9.17) is 9.72 Å². The van der Waals surface area contributed by atoms with Gasteiger partial charge in [0.15, 0.2) is 0 Å². The fraction of sp³-hybridized carbons (Fsp3) is 0.273. The van der Waals surface area contributed by atoms with Crippen LogP contribution in [0.4, 0.5) is 4.79 Å². The fourth-order valence-electron chi connectivity index (χ4n) is 3.86. The summed E-state index contributed by atoms with van der Waals surface area (Å²) in [4.78, 5) is 20.4. The zero-order valence-electron chi connectivity index (χ0n) is 15.8. The van der Waals surface area contributed by atoms with Gasteiger partial charge in [0.05, 0.1) is 12.1 Å². The number of hydrogen-bond acceptors (Lipinski definition) is 3. The fourth-order valence-corrected chi connectivity index (χ4v) is 3.86. The van der Waals surface area contributed by atoms with Crippen LogP contribution in [0.25, 0.3) is 23.2 Å². The number of rotatable bonds is 4. The van der Waals surface area contributed by atoms with Crippen LogP contribution in [-0.2, 0) is 13.1 Å². The SMILES string of the molecule is CN1CCN(Cc2ccc(/C=C/c3nc4cccc5c4n3CCO5)cc2)C1=O. The van der Waals surface area contributed by atoms with Gasteiger partial charge in [0, 0.05) is 26.7 Å². The molecule has 5 rings (SSSR count). The molecule has 0 saturated carbocycles. The Morgan fingerprint density at radius 3 is 2.71 bits per heavy atom. The van der Waals surface area contributed by atoms with Crippen molar-refractivity contribution < 1.29 is 9.53 Å². The Bertz CT molecular complexity index is 1070. The van der Waals surface area contributed by atoms with Crippen molar-refractivity contribution >= 4 is 29.2 Å². The molecule has 0 N–H and O–H groups in total. The summed E-state index contributed by atoms with van der Waals surface area (Å²) >= 11 is 0. The summed E-state index contributed by atoms with van der Waals surface area (Å²) in [5, 5.41) is 0. The number of urea groups is 1. The first kappa shape index (κ1) is 16.9. The molecular formula is C22H22N4O2. The number of likely N-dealkylation sites (N-methyl/N-ethyl adjacent to an activating group) is 1.